The molecule has 2 N–H and O–H groups in total. The van der Waals surface area contributed by atoms with E-state index in [0.29, 0.717) is 6.42 Å². The van der Waals surface area contributed by atoms with Crippen LogP contribution in [0.2, 0.25) is 0 Å². The molecule has 2 aromatic rings. The lowest BCUT2D eigenvalue weighted by atomic mass is 9.96. The molecule has 0 saturated heterocycles. The average molecular weight is 242 g/mol. The quantitative estimate of drug-likeness (QED) is 0.866. The number of hydrogen-bond acceptors (Lipinski definition) is 2. The summed E-state index contributed by atoms with van der Waals surface area (Å²) in [6.45, 7) is 0. The third kappa shape index (κ3) is 2.88. The molecular weight excluding hydrogens is 228 g/mol. The zero-order chi connectivity index (χ0) is 13.0. The lowest BCUT2D eigenvalue weighted by Crippen LogP contribution is -1.98. The van der Waals surface area contributed by atoms with Crippen LogP contribution in [0.25, 0.3) is 11.1 Å². The van der Waals surface area contributed by atoms with Crippen LogP contribution in [-0.4, -0.2) is 16.2 Å². The van der Waals surface area contributed by atoms with E-state index in [-0.39, 0.29) is 12.2 Å². The Morgan fingerprint density at radius 2 is 1.78 bits per heavy atom. The molecule has 0 bridgehead atoms. The second-order valence-corrected chi connectivity index (χ2v) is 4.10. The maximum Gasteiger partial charge on any atom is 0.303 e. The number of aromatic hydroxyl groups is 1. The second kappa shape index (κ2) is 5.36. The van der Waals surface area contributed by atoms with Crippen molar-refractivity contribution in [2.45, 2.75) is 12.8 Å². The molecule has 0 radical (unpaired) electrons. The number of carboxylic acid groups (broad SMARTS) is 1. The third-order valence-electron chi connectivity index (χ3n) is 2.79. The normalized spacial score (nSPS) is 10.2. The van der Waals surface area contributed by atoms with Gasteiger partial charge in [-0.2, -0.15) is 0 Å². The SMILES string of the molecule is O=C(O)CCc1ccc(O)cc1-c1ccccc1. The highest BCUT2D eigenvalue weighted by Gasteiger charge is 2.08. The largest absolute Gasteiger partial charge is 0.508 e. The summed E-state index contributed by atoms with van der Waals surface area (Å²) in [5.41, 5.74) is 2.80. The van der Waals surface area contributed by atoms with Crippen LogP contribution in [0.5, 0.6) is 5.75 Å². The summed E-state index contributed by atoms with van der Waals surface area (Å²) in [4.78, 5) is 10.6. The molecule has 0 fully saturated rings. The van der Waals surface area contributed by atoms with Gasteiger partial charge in [0.15, 0.2) is 0 Å². The lowest BCUT2D eigenvalue weighted by Gasteiger charge is -2.09. The van der Waals surface area contributed by atoms with E-state index < -0.39 is 5.97 Å². The summed E-state index contributed by atoms with van der Waals surface area (Å²) in [6, 6.07) is 14.7. The fraction of sp³-hybridized carbons (Fsp3) is 0.133. The Bertz CT molecular complexity index is 547. The maximum absolute atomic E-state index is 10.6. The average Bonchev–Trinajstić information content (AvgIpc) is 2.38. The van der Waals surface area contributed by atoms with E-state index in [1.54, 1.807) is 18.2 Å². The smallest absolute Gasteiger partial charge is 0.303 e. The molecule has 3 nitrogen and oxygen atoms in total. The van der Waals surface area contributed by atoms with Gasteiger partial charge in [-0.25, -0.2) is 0 Å². The van der Waals surface area contributed by atoms with Gasteiger partial charge in [0.2, 0.25) is 0 Å². The molecule has 92 valence electrons. The Hall–Kier alpha value is -2.29. The van der Waals surface area contributed by atoms with E-state index in [1.807, 2.05) is 30.3 Å². The first kappa shape index (κ1) is 12.2. The van der Waals surface area contributed by atoms with Gasteiger partial charge in [-0.15, -0.1) is 0 Å². The van der Waals surface area contributed by atoms with E-state index in [2.05, 4.69) is 0 Å². The summed E-state index contributed by atoms with van der Waals surface area (Å²) >= 11 is 0. The van der Waals surface area contributed by atoms with E-state index in [4.69, 9.17) is 5.11 Å². The number of aryl methyl sites for hydroxylation is 1. The molecule has 0 aliphatic rings. The van der Waals surface area contributed by atoms with Crippen LogP contribution in [0, 0.1) is 0 Å². The number of phenolic OH excluding ortho intramolecular Hbond substituents is 1. The van der Waals surface area contributed by atoms with Crippen molar-refractivity contribution in [3.05, 3.63) is 54.1 Å². The first-order valence-electron chi connectivity index (χ1n) is 5.76. The van der Waals surface area contributed by atoms with Crippen LogP contribution < -0.4 is 0 Å². The molecule has 0 saturated carbocycles. The van der Waals surface area contributed by atoms with E-state index in [9.17, 15) is 9.90 Å². The molecule has 0 unspecified atom stereocenters. The van der Waals surface area contributed by atoms with Crippen molar-refractivity contribution in [1.29, 1.82) is 0 Å². The van der Waals surface area contributed by atoms with Crippen molar-refractivity contribution in [3.8, 4) is 16.9 Å². The van der Waals surface area contributed by atoms with Crippen molar-refractivity contribution < 1.29 is 15.0 Å². The molecule has 0 amide bonds. The molecule has 3 heteroatoms. The summed E-state index contributed by atoms with van der Waals surface area (Å²) < 4.78 is 0. The van der Waals surface area contributed by atoms with Crippen LogP contribution in [0.3, 0.4) is 0 Å². The predicted octanol–water partition coefficient (Wildman–Crippen LogP) is 3.08. The standard InChI is InChI=1S/C15H14O3/c16-13-8-6-12(7-9-15(17)18)14(10-13)11-4-2-1-3-5-11/h1-6,8,10,16H,7,9H2,(H,17,18). The molecule has 0 spiro atoms. The molecule has 0 heterocycles. The first-order valence-corrected chi connectivity index (χ1v) is 5.76. The van der Waals surface area contributed by atoms with E-state index >= 15 is 0 Å². The van der Waals surface area contributed by atoms with Gasteiger partial charge in [-0.3, -0.25) is 4.79 Å². The Kier molecular flexibility index (Phi) is 3.63. The highest BCUT2D eigenvalue weighted by atomic mass is 16.4. The van der Waals surface area contributed by atoms with Gasteiger partial charge < -0.3 is 10.2 Å². The fourth-order valence-corrected chi connectivity index (χ4v) is 1.91. The molecule has 0 aromatic heterocycles. The zero-order valence-corrected chi connectivity index (χ0v) is 9.84. The van der Waals surface area contributed by atoms with Gasteiger partial charge >= 0.3 is 5.97 Å². The Labute approximate surface area is 105 Å². The van der Waals surface area contributed by atoms with Gasteiger partial charge in [0, 0.05) is 6.42 Å². The topological polar surface area (TPSA) is 57.5 Å². The van der Waals surface area contributed by atoms with Crippen molar-refractivity contribution in [3.63, 3.8) is 0 Å². The van der Waals surface area contributed by atoms with Crippen molar-refractivity contribution in [1.82, 2.24) is 0 Å². The zero-order valence-electron chi connectivity index (χ0n) is 9.84. The second-order valence-electron chi connectivity index (χ2n) is 4.10. The number of rotatable bonds is 4. The minimum Gasteiger partial charge on any atom is -0.508 e. The molecule has 0 aliphatic heterocycles. The van der Waals surface area contributed by atoms with Gasteiger partial charge in [-0.05, 0) is 35.2 Å². The fourth-order valence-electron chi connectivity index (χ4n) is 1.91. The number of phenols is 1. The minimum absolute atomic E-state index is 0.0879. The lowest BCUT2D eigenvalue weighted by molar-refractivity contribution is -0.136. The van der Waals surface area contributed by atoms with E-state index in [1.165, 1.54) is 0 Å². The van der Waals surface area contributed by atoms with Crippen LogP contribution in [0.1, 0.15) is 12.0 Å². The number of aliphatic carboxylic acids is 1. The first-order chi connectivity index (χ1) is 8.66. The summed E-state index contributed by atoms with van der Waals surface area (Å²) in [5, 5.41) is 18.3. The molecule has 18 heavy (non-hydrogen) atoms. The maximum atomic E-state index is 10.6. The number of benzene rings is 2. The summed E-state index contributed by atoms with van der Waals surface area (Å²) in [6.07, 6.45) is 0.546. The van der Waals surface area contributed by atoms with Gasteiger partial charge in [0.1, 0.15) is 5.75 Å². The van der Waals surface area contributed by atoms with Crippen molar-refractivity contribution in [2.24, 2.45) is 0 Å². The van der Waals surface area contributed by atoms with E-state index in [0.717, 1.165) is 16.7 Å². The predicted molar refractivity (Wildman–Crippen MR) is 69.5 cm³/mol. The molecule has 0 aliphatic carbocycles. The Balaban J connectivity index is 2.38. The number of carboxylic acids is 1. The monoisotopic (exact) mass is 242 g/mol. The van der Waals surface area contributed by atoms with Crippen LogP contribution in [-0.2, 0) is 11.2 Å². The summed E-state index contributed by atoms with van der Waals surface area (Å²) in [5.74, 6) is -0.630. The van der Waals surface area contributed by atoms with Crippen LogP contribution in [0.15, 0.2) is 48.5 Å². The molecule has 2 rings (SSSR count). The van der Waals surface area contributed by atoms with Gasteiger partial charge in [0.05, 0.1) is 0 Å². The highest BCUT2D eigenvalue weighted by Crippen LogP contribution is 2.28. The highest BCUT2D eigenvalue weighted by molar-refractivity contribution is 5.71. The van der Waals surface area contributed by atoms with Crippen LogP contribution in [0.4, 0.5) is 0 Å². The van der Waals surface area contributed by atoms with Crippen molar-refractivity contribution >= 4 is 5.97 Å². The van der Waals surface area contributed by atoms with Gasteiger partial charge in [0.25, 0.3) is 0 Å². The number of carbonyl (C=O) groups is 1. The van der Waals surface area contributed by atoms with Gasteiger partial charge in [-0.1, -0.05) is 36.4 Å². The molecular formula is C15H14O3. The third-order valence-corrected chi connectivity index (χ3v) is 2.79. The Morgan fingerprint density at radius 1 is 1.06 bits per heavy atom. The minimum atomic E-state index is -0.818. The summed E-state index contributed by atoms with van der Waals surface area (Å²) in [7, 11) is 0. The molecule has 0 atom stereocenters. The molecule has 2 aromatic carbocycles. The number of hydrogen-bond donors (Lipinski definition) is 2. The Morgan fingerprint density at radius 3 is 2.44 bits per heavy atom. The van der Waals surface area contributed by atoms with Crippen molar-refractivity contribution in [2.75, 3.05) is 0 Å². The van der Waals surface area contributed by atoms with Crippen LogP contribution >= 0.6 is 0 Å².